The van der Waals surface area contributed by atoms with Crippen LogP contribution in [0.4, 0.5) is 5.82 Å². The van der Waals surface area contributed by atoms with Gasteiger partial charge in [-0.3, -0.25) is 13.9 Å². The Labute approximate surface area is 168 Å². The third-order valence-electron chi connectivity index (χ3n) is 6.26. The number of nitrogens with one attached hydrogen (secondary N) is 1. The zero-order chi connectivity index (χ0) is 20.3. The van der Waals surface area contributed by atoms with Crippen molar-refractivity contribution in [2.45, 2.75) is 25.7 Å². The first-order valence-electron chi connectivity index (χ1n) is 9.92. The Morgan fingerprint density at radius 1 is 0.931 bits per heavy atom. The lowest BCUT2D eigenvalue weighted by atomic mass is 9.75. The quantitative estimate of drug-likeness (QED) is 0.699. The molecule has 1 unspecified atom stereocenters. The smallest absolute Gasteiger partial charge is 0.332 e. The molecule has 5 nitrogen and oxygen atoms in total. The monoisotopic (exact) mass is 385 g/mol. The van der Waals surface area contributed by atoms with Crippen LogP contribution in [-0.4, -0.2) is 9.13 Å². The van der Waals surface area contributed by atoms with E-state index in [0.717, 1.165) is 29.7 Å². The highest BCUT2D eigenvalue weighted by molar-refractivity contribution is 5.86. The maximum atomic E-state index is 13.2. The van der Waals surface area contributed by atoms with E-state index in [9.17, 15) is 9.59 Å². The predicted octanol–water partition coefficient (Wildman–Crippen LogP) is 3.31. The van der Waals surface area contributed by atoms with Gasteiger partial charge in [0.2, 0.25) is 0 Å². The van der Waals surface area contributed by atoms with Gasteiger partial charge in [0, 0.05) is 31.3 Å². The molecule has 0 saturated carbocycles. The van der Waals surface area contributed by atoms with Crippen LogP contribution in [-0.2, 0) is 20.5 Å². The van der Waals surface area contributed by atoms with Crippen molar-refractivity contribution >= 4 is 11.5 Å². The normalized spacial score (nSPS) is 17.3. The Morgan fingerprint density at radius 2 is 1.66 bits per heavy atom. The van der Waals surface area contributed by atoms with Crippen LogP contribution < -0.4 is 16.6 Å². The molecule has 2 heterocycles. The van der Waals surface area contributed by atoms with Crippen molar-refractivity contribution in [1.29, 1.82) is 0 Å². The van der Waals surface area contributed by atoms with E-state index in [1.165, 1.54) is 21.3 Å². The Morgan fingerprint density at radius 3 is 2.41 bits per heavy atom. The summed E-state index contributed by atoms with van der Waals surface area (Å²) >= 11 is 0. The molecule has 1 aromatic heterocycles. The number of rotatable bonds is 1. The standard InChI is InChI=1S/C24H23N3O2/c1-14-8-10-16(11-9-14)19-18-13-12-15-6-4-5-7-17(15)21(18)25-22-20(19)23(28)27(3)24(29)26(22)2/h4-11,19,25H,12-13H2,1-3H3. The molecule has 2 aliphatic rings. The highest BCUT2D eigenvalue weighted by Gasteiger charge is 2.36. The lowest BCUT2D eigenvalue weighted by Gasteiger charge is -2.36. The van der Waals surface area contributed by atoms with Gasteiger partial charge in [-0.25, -0.2) is 4.79 Å². The van der Waals surface area contributed by atoms with Crippen LogP contribution in [0.25, 0.3) is 5.70 Å². The summed E-state index contributed by atoms with van der Waals surface area (Å²) in [5, 5.41) is 3.47. The minimum atomic E-state index is -0.322. The van der Waals surface area contributed by atoms with E-state index < -0.39 is 0 Å². The van der Waals surface area contributed by atoms with Crippen molar-refractivity contribution in [2.24, 2.45) is 14.1 Å². The zero-order valence-corrected chi connectivity index (χ0v) is 16.8. The number of benzene rings is 2. The molecule has 1 N–H and O–H groups in total. The number of anilines is 1. The molecule has 1 aliphatic heterocycles. The van der Waals surface area contributed by atoms with Crippen LogP contribution in [0.3, 0.4) is 0 Å². The van der Waals surface area contributed by atoms with Gasteiger partial charge in [-0.1, -0.05) is 54.1 Å². The third-order valence-corrected chi connectivity index (χ3v) is 6.26. The molecule has 0 saturated heterocycles. The summed E-state index contributed by atoms with van der Waals surface area (Å²) < 4.78 is 2.77. The number of aromatic nitrogens is 2. The molecule has 5 heteroatoms. The molecule has 0 bridgehead atoms. The highest BCUT2D eigenvalue weighted by atomic mass is 16.2. The molecule has 1 aliphatic carbocycles. The predicted molar refractivity (Wildman–Crippen MR) is 115 cm³/mol. The first kappa shape index (κ1) is 17.7. The van der Waals surface area contributed by atoms with Gasteiger partial charge in [-0.15, -0.1) is 0 Å². The van der Waals surface area contributed by atoms with Gasteiger partial charge in [0.1, 0.15) is 5.82 Å². The van der Waals surface area contributed by atoms with Crippen LogP contribution in [0, 0.1) is 6.92 Å². The van der Waals surface area contributed by atoms with Crippen molar-refractivity contribution in [2.75, 3.05) is 5.32 Å². The zero-order valence-electron chi connectivity index (χ0n) is 16.8. The molecular weight excluding hydrogens is 362 g/mol. The summed E-state index contributed by atoms with van der Waals surface area (Å²) in [6, 6.07) is 16.7. The van der Waals surface area contributed by atoms with E-state index >= 15 is 0 Å². The number of nitrogens with zero attached hydrogens (tertiary/aromatic N) is 2. The van der Waals surface area contributed by atoms with Gasteiger partial charge in [0.05, 0.1) is 5.56 Å². The average molecular weight is 385 g/mol. The maximum absolute atomic E-state index is 13.2. The van der Waals surface area contributed by atoms with Gasteiger partial charge in [-0.2, -0.15) is 0 Å². The van der Waals surface area contributed by atoms with Gasteiger partial charge >= 0.3 is 5.69 Å². The molecule has 29 heavy (non-hydrogen) atoms. The van der Waals surface area contributed by atoms with Crippen LogP contribution in [0.2, 0.25) is 0 Å². The Kier molecular flexibility index (Phi) is 3.88. The second-order valence-electron chi connectivity index (χ2n) is 7.99. The molecule has 0 amide bonds. The van der Waals surface area contributed by atoms with Crippen LogP contribution in [0.15, 0.2) is 63.7 Å². The SMILES string of the molecule is Cc1ccc(C2C3=C(Nc4c2c(=O)n(C)c(=O)n4C)c2ccccc2CC3)cc1. The highest BCUT2D eigenvalue weighted by Crippen LogP contribution is 2.46. The molecule has 5 rings (SSSR count). The maximum Gasteiger partial charge on any atom is 0.332 e. The second kappa shape index (κ2) is 6.34. The fourth-order valence-corrected chi connectivity index (χ4v) is 4.69. The number of fused-ring (bicyclic) bond motifs is 3. The summed E-state index contributed by atoms with van der Waals surface area (Å²) in [5.41, 5.74) is 7.06. The van der Waals surface area contributed by atoms with Crippen molar-refractivity contribution in [3.63, 3.8) is 0 Å². The molecular formula is C24H23N3O2. The Hall–Kier alpha value is -3.34. The first-order valence-corrected chi connectivity index (χ1v) is 9.92. The number of allylic oxidation sites excluding steroid dienone is 1. The molecule has 0 spiro atoms. The van der Waals surface area contributed by atoms with Crippen LogP contribution in [0.1, 0.15) is 40.2 Å². The first-order chi connectivity index (χ1) is 14.0. The fraction of sp³-hybridized carbons (Fsp3) is 0.250. The van der Waals surface area contributed by atoms with Gasteiger partial charge in [0.15, 0.2) is 0 Å². The summed E-state index contributed by atoms with van der Waals surface area (Å²) in [6.07, 6.45) is 1.82. The molecule has 0 radical (unpaired) electrons. The molecule has 146 valence electrons. The van der Waals surface area contributed by atoms with Crippen molar-refractivity contribution < 1.29 is 0 Å². The van der Waals surface area contributed by atoms with Crippen molar-refractivity contribution in [3.8, 4) is 0 Å². The van der Waals surface area contributed by atoms with Crippen LogP contribution >= 0.6 is 0 Å². The number of hydrogen-bond acceptors (Lipinski definition) is 3. The second-order valence-corrected chi connectivity index (χ2v) is 7.99. The Bertz CT molecular complexity index is 1290. The summed E-state index contributed by atoms with van der Waals surface area (Å²) in [5.74, 6) is 0.430. The van der Waals surface area contributed by atoms with E-state index in [4.69, 9.17) is 0 Å². The van der Waals surface area contributed by atoms with E-state index in [1.807, 2.05) is 6.07 Å². The van der Waals surface area contributed by atoms with Gasteiger partial charge in [0.25, 0.3) is 5.56 Å². The topological polar surface area (TPSA) is 56.0 Å². The van der Waals surface area contributed by atoms with Crippen LogP contribution in [0.5, 0.6) is 0 Å². The van der Waals surface area contributed by atoms with Gasteiger partial charge in [-0.05, 0) is 36.5 Å². The molecule has 1 atom stereocenters. The van der Waals surface area contributed by atoms with E-state index in [0.29, 0.717) is 11.4 Å². The fourth-order valence-electron chi connectivity index (χ4n) is 4.69. The van der Waals surface area contributed by atoms with E-state index in [-0.39, 0.29) is 17.2 Å². The minimum Gasteiger partial charge on any atom is -0.341 e. The number of aryl methyl sites for hydroxylation is 2. The lowest BCUT2D eigenvalue weighted by Crippen LogP contribution is -2.43. The Balaban J connectivity index is 1.86. The summed E-state index contributed by atoms with van der Waals surface area (Å²) in [4.78, 5) is 25.9. The van der Waals surface area contributed by atoms with E-state index in [2.05, 4.69) is 54.7 Å². The number of hydrogen-bond donors (Lipinski definition) is 1. The summed E-state index contributed by atoms with van der Waals surface area (Å²) in [7, 11) is 3.28. The third kappa shape index (κ3) is 2.54. The molecule has 0 fully saturated rings. The average Bonchev–Trinajstić information content (AvgIpc) is 2.75. The van der Waals surface area contributed by atoms with Crippen molar-refractivity contribution in [3.05, 3.63) is 103 Å². The van der Waals surface area contributed by atoms with Gasteiger partial charge < -0.3 is 5.32 Å². The largest absolute Gasteiger partial charge is 0.341 e. The summed E-state index contributed by atoms with van der Waals surface area (Å²) in [6.45, 7) is 2.06. The minimum absolute atomic E-state index is 0.166. The van der Waals surface area contributed by atoms with Crippen molar-refractivity contribution in [1.82, 2.24) is 9.13 Å². The van der Waals surface area contributed by atoms with E-state index in [1.54, 1.807) is 18.7 Å². The lowest BCUT2D eigenvalue weighted by molar-refractivity contribution is 0.659. The molecule has 2 aromatic carbocycles. The molecule has 3 aromatic rings.